The van der Waals surface area contributed by atoms with E-state index in [4.69, 9.17) is 4.98 Å². The maximum atomic E-state index is 10.2. The summed E-state index contributed by atoms with van der Waals surface area (Å²) in [4.78, 5) is 18.9. The van der Waals surface area contributed by atoms with Gasteiger partial charge in [-0.1, -0.05) is 57.0 Å². The van der Waals surface area contributed by atoms with Crippen molar-refractivity contribution in [1.29, 1.82) is 5.26 Å². The number of aromatic nitrogens is 3. The molecule has 0 aliphatic heterocycles. The molecule has 0 aliphatic rings. The highest BCUT2D eigenvalue weighted by atomic mass is 32.1. The molecule has 236 valence electrons. The van der Waals surface area contributed by atoms with Crippen molar-refractivity contribution < 1.29 is 0 Å². The fourth-order valence-corrected chi connectivity index (χ4v) is 6.79. The summed E-state index contributed by atoms with van der Waals surface area (Å²) in [5.41, 5.74) is 7.23. The zero-order valence-corrected chi connectivity index (χ0v) is 28.1. The van der Waals surface area contributed by atoms with E-state index >= 15 is 0 Å². The molecule has 3 aromatic heterocycles. The van der Waals surface area contributed by atoms with Crippen molar-refractivity contribution in [2.45, 2.75) is 59.5 Å². The van der Waals surface area contributed by atoms with Gasteiger partial charge in [0.05, 0.1) is 27.2 Å². The number of para-hydroxylation sites is 1. The van der Waals surface area contributed by atoms with Gasteiger partial charge < -0.3 is 4.90 Å². The summed E-state index contributed by atoms with van der Waals surface area (Å²) in [6, 6.07) is 29.5. The molecule has 0 bridgehead atoms. The third-order valence-corrected chi connectivity index (χ3v) is 9.66. The maximum absolute atomic E-state index is 10.2. The molecule has 0 fully saturated rings. The molecule has 2 aromatic carbocycles. The van der Waals surface area contributed by atoms with Gasteiger partial charge in [-0.15, -0.1) is 11.3 Å². The molecule has 0 N–H and O–H groups in total. The molecule has 5 rings (SSSR count). The Morgan fingerprint density at radius 2 is 1.59 bits per heavy atom. The Labute approximate surface area is 278 Å². The largest absolute Gasteiger partial charge is 0.372 e. The highest BCUT2D eigenvalue weighted by Crippen LogP contribution is 2.30. The van der Waals surface area contributed by atoms with E-state index in [2.05, 4.69) is 83.0 Å². The minimum atomic E-state index is 0.603. The summed E-state index contributed by atoms with van der Waals surface area (Å²) in [7, 11) is 0. The Hall–Kier alpha value is -4.38. The lowest BCUT2D eigenvalue weighted by Crippen LogP contribution is -2.29. The van der Waals surface area contributed by atoms with Crippen molar-refractivity contribution in [3.05, 3.63) is 119 Å². The molecule has 5 aromatic rings. The summed E-state index contributed by atoms with van der Waals surface area (Å²) in [5, 5.41) is 11.0. The van der Waals surface area contributed by atoms with Crippen LogP contribution in [0, 0.1) is 17.2 Å². The van der Waals surface area contributed by atoms with Gasteiger partial charge >= 0.3 is 0 Å². The topological polar surface area (TPSA) is 68.9 Å². The number of hydrogen-bond donors (Lipinski definition) is 0. The van der Waals surface area contributed by atoms with Crippen molar-refractivity contribution in [3.63, 3.8) is 0 Å². The van der Waals surface area contributed by atoms with E-state index in [1.54, 1.807) is 11.3 Å². The highest BCUT2D eigenvalue weighted by Gasteiger charge is 2.16. The first-order valence-electron chi connectivity index (χ1n) is 16.5. The molecule has 0 saturated heterocycles. The molecule has 6 nitrogen and oxygen atoms in total. The number of hydrogen-bond acceptors (Lipinski definition) is 7. The maximum Gasteiger partial charge on any atom is 0.135 e. The van der Waals surface area contributed by atoms with Crippen LogP contribution in [-0.2, 0) is 19.5 Å². The third-order valence-electron chi connectivity index (χ3n) is 8.60. The lowest BCUT2D eigenvalue weighted by atomic mass is 9.98. The Bertz CT molecular complexity index is 1660. The predicted molar refractivity (Wildman–Crippen MR) is 192 cm³/mol. The number of pyridine rings is 2. The smallest absolute Gasteiger partial charge is 0.135 e. The minimum absolute atomic E-state index is 0.603. The summed E-state index contributed by atoms with van der Waals surface area (Å²) >= 11 is 1.57. The molecule has 0 aliphatic carbocycles. The molecule has 7 heteroatoms. The average molecular weight is 629 g/mol. The van der Waals surface area contributed by atoms with Gasteiger partial charge in [0, 0.05) is 44.3 Å². The normalized spacial score (nSPS) is 11.8. The van der Waals surface area contributed by atoms with Crippen LogP contribution < -0.4 is 4.90 Å². The van der Waals surface area contributed by atoms with E-state index in [0.717, 1.165) is 77.7 Å². The van der Waals surface area contributed by atoms with Gasteiger partial charge in [0.15, 0.2) is 0 Å². The minimum Gasteiger partial charge on any atom is -0.372 e. The van der Waals surface area contributed by atoms with Crippen LogP contribution in [0.5, 0.6) is 0 Å². The molecular formula is C39H44N6S. The first-order valence-corrected chi connectivity index (χ1v) is 17.3. The Morgan fingerprint density at radius 3 is 2.20 bits per heavy atom. The number of benzene rings is 2. The number of thiazole rings is 1. The second-order valence-corrected chi connectivity index (χ2v) is 12.7. The molecular weight excluding hydrogens is 585 g/mol. The molecule has 0 atom stereocenters. The van der Waals surface area contributed by atoms with Crippen LogP contribution in [0.15, 0.2) is 91.3 Å². The van der Waals surface area contributed by atoms with Crippen LogP contribution in [0.25, 0.3) is 21.9 Å². The molecule has 46 heavy (non-hydrogen) atoms. The predicted octanol–water partition coefficient (Wildman–Crippen LogP) is 9.05. The Morgan fingerprint density at radius 1 is 0.891 bits per heavy atom. The van der Waals surface area contributed by atoms with Crippen molar-refractivity contribution in [1.82, 2.24) is 19.9 Å². The van der Waals surface area contributed by atoms with Gasteiger partial charge in [0.1, 0.15) is 11.1 Å². The summed E-state index contributed by atoms with van der Waals surface area (Å²) < 4.78 is 1.09. The van der Waals surface area contributed by atoms with Crippen LogP contribution >= 0.6 is 11.3 Å². The van der Waals surface area contributed by atoms with Crippen LogP contribution in [0.1, 0.15) is 67.6 Å². The number of allylic oxidation sites excluding steroid dienone is 1. The number of rotatable bonds is 16. The van der Waals surface area contributed by atoms with E-state index in [9.17, 15) is 5.26 Å². The zero-order chi connectivity index (χ0) is 32.1. The van der Waals surface area contributed by atoms with Gasteiger partial charge in [-0.25, -0.2) is 4.98 Å². The van der Waals surface area contributed by atoms with E-state index in [0.29, 0.717) is 11.5 Å². The Kier molecular flexibility index (Phi) is 12.0. The van der Waals surface area contributed by atoms with Gasteiger partial charge in [-0.3, -0.25) is 14.9 Å². The van der Waals surface area contributed by atoms with Gasteiger partial charge in [0.2, 0.25) is 0 Å². The lowest BCUT2D eigenvalue weighted by Gasteiger charge is -2.28. The van der Waals surface area contributed by atoms with Crippen LogP contribution in [0.3, 0.4) is 0 Å². The van der Waals surface area contributed by atoms with Gasteiger partial charge in [-0.05, 0) is 98.0 Å². The molecule has 0 saturated carbocycles. The summed E-state index contributed by atoms with van der Waals surface area (Å²) in [5.74, 6) is 0.666. The first kappa shape index (κ1) is 33.0. The molecule has 0 amide bonds. The third kappa shape index (κ3) is 8.87. The fraction of sp³-hybridized carbons (Fsp3) is 0.333. The quantitative estimate of drug-likeness (QED) is 0.102. The summed E-state index contributed by atoms with van der Waals surface area (Å²) in [6.07, 6.45) is 9.96. The number of anilines is 1. The van der Waals surface area contributed by atoms with Crippen molar-refractivity contribution in [2.75, 3.05) is 24.5 Å². The summed E-state index contributed by atoms with van der Waals surface area (Å²) in [6.45, 7) is 11.2. The molecule has 3 heterocycles. The molecule has 0 radical (unpaired) electrons. The number of nitriles is 1. The average Bonchev–Trinajstić information content (AvgIpc) is 3.53. The van der Waals surface area contributed by atoms with Crippen molar-refractivity contribution in [2.24, 2.45) is 5.92 Å². The zero-order valence-electron chi connectivity index (χ0n) is 27.3. The second kappa shape index (κ2) is 16.8. The number of nitrogens with zero attached hydrogens (tertiary/aromatic N) is 6. The van der Waals surface area contributed by atoms with Crippen LogP contribution in [0.4, 0.5) is 5.69 Å². The number of aryl methyl sites for hydroxylation is 1. The van der Waals surface area contributed by atoms with Crippen molar-refractivity contribution >= 4 is 38.9 Å². The lowest BCUT2D eigenvalue weighted by molar-refractivity contribution is 0.247. The van der Waals surface area contributed by atoms with Gasteiger partial charge in [-0.2, -0.15) is 5.26 Å². The molecule has 0 unspecified atom stereocenters. The van der Waals surface area contributed by atoms with E-state index in [1.165, 1.54) is 24.1 Å². The van der Waals surface area contributed by atoms with Crippen molar-refractivity contribution in [3.8, 4) is 6.07 Å². The van der Waals surface area contributed by atoms with Crippen LogP contribution in [0.2, 0.25) is 0 Å². The SMILES string of the molecule is CCC(CC)CN(CC)c1ccc(/C=C(\C#N)c2nc3ccccc3s2)c(CCCN(Cc2ccccn2)Cc2ccccn2)c1. The second-order valence-electron chi connectivity index (χ2n) is 11.7. The molecule has 0 spiro atoms. The van der Waals surface area contributed by atoms with E-state index < -0.39 is 0 Å². The highest BCUT2D eigenvalue weighted by molar-refractivity contribution is 7.19. The van der Waals surface area contributed by atoms with Crippen LogP contribution in [-0.4, -0.2) is 39.5 Å². The van der Waals surface area contributed by atoms with Gasteiger partial charge in [0.25, 0.3) is 0 Å². The Balaban J connectivity index is 1.43. The first-order chi connectivity index (χ1) is 22.6. The standard InChI is InChI=1S/C39H44N6S/c1-4-30(5-2)27-45(6-3)36-20-19-32(24-33(26-40)39-43-37-17-7-8-18-38(37)46-39)31(25-36)14-13-23-44(28-34-15-9-11-21-41-34)29-35-16-10-12-22-42-35/h7-12,15-22,24-25,30H,4-6,13-14,23,27-29H2,1-3H3/b33-24+. The number of fused-ring (bicyclic) bond motifs is 1. The monoisotopic (exact) mass is 628 g/mol. The van der Waals surface area contributed by atoms with E-state index in [-0.39, 0.29) is 0 Å². The fourth-order valence-electron chi connectivity index (χ4n) is 5.86. The van der Waals surface area contributed by atoms with E-state index in [1.807, 2.05) is 60.9 Å².